The van der Waals surface area contributed by atoms with Crippen molar-refractivity contribution in [1.82, 2.24) is 29.4 Å². The van der Waals surface area contributed by atoms with Crippen molar-refractivity contribution in [1.29, 1.82) is 0 Å². The molecule has 1 aliphatic heterocycles. The van der Waals surface area contributed by atoms with Crippen molar-refractivity contribution >= 4 is 26.8 Å². The summed E-state index contributed by atoms with van der Waals surface area (Å²) in [5.74, 6) is 0.631. The fourth-order valence-corrected chi connectivity index (χ4v) is 6.35. The third-order valence-electron chi connectivity index (χ3n) is 6.43. The molecule has 1 saturated heterocycles. The van der Waals surface area contributed by atoms with Crippen LogP contribution in [0.2, 0.25) is 0 Å². The Morgan fingerprint density at radius 2 is 1.97 bits per heavy atom. The predicted molar refractivity (Wildman–Crippen MR) is 134 cm³/mol. The summed E-state index contributed by atoms with van der Waals surface area (Å²) in [5.41, 5.74) is 4.15. The van der Waals surface area contributed by atoms with Crippen molar-refractivity contribution in [2.75, 3.05) is 18.1 Å². The van der Waals surface area contributed by atoms with Gasteiger partial charge in [-0.1, -0.05) is 29.8 Å². The molecule has 5 rings (SSSR count). The van der Waals surface area contributed by atoms with Crippen LogP contribution in [0, 0.1) is 13.8 Å². The Morgan fingerprint density at radius 1 is 1.17 bits per heavy atom. The highest BCUT2D eigenvalue weighted by Gasteiger charge is 2.32. The molecule has 9 nitrogen and oxygen atoms in total. The zero-order valence-corrected chi connectivity index (χ0v) is 20.6. The number of rotatable bonds is 7. The molecule has 1 atom stereocenters. The van der Waals surface area contributed by atoms with Crippen LogP contribution in [0.4, 0.5) is 0 Å². The second kappa shape index (κ2) is 9.26. The van der Waals surface area contributed by atoms with Crippen LogP contribution in [-0.4, -0.2) is 56.5 Å². The highest BCUT2D eigenvalue weighted by molar-refractivity contribution is 7.91. The second-order valence-electron chi connectivity index (χ2n) is 9.09. The lowest BCUT2D eigenvalue weighted by Crippen LogP contribution is -2.26. The first-order valence-corrected chi connectivity index (χ1v) is 13.5. The number of fused-ring (bicyclic) bond motifs is 1. The maximum absolute atomic E-state index is 13.3. The maximum atomic E-state index is 13.3. The van der Waals surface area contributed by atoms with Gasteiger partial charge in [0.25, 0.3) is 5.91 Å². The van der Waals surface area contributed by atoms with Gasteiger partial charge in [-0.3, -0.25) is 4.79 Å². The standard InChI is InChI=1S/C25H28N6O3S/c1-17-4-6-19(7-5-17)21-14-22-23(28-18(2)31(22)20-8-13-35(33,34)15-20)24(29-21)25(32)27-9-3-11-30-12-10-26-16-30/h4-7,10,12,14,16,20H,3,8-9,11,13,15H2,1-2H3,(H,27,32)/t20-/m0/s1. The molecule has 35 heavy (non-hydrogen) atoms. The molecule has 0 saturated carbocycles. The van der Waals surface area contributed by atoms with E-state index in [1.165, 1.54) is 0 Å². The minimum Gasteiger partial charge on any atom is -0.351 e. The van der Waals surface area contributed by atoms with Gasteiger partial charge in [0, 0.05) is 31.0 Å². The fourth-order valence-electron chi connectivity index (χ4n) is 4.65. The monoisotopic (exact) mass is 492 g/mol. The lowest BCUT2D eigenvalue weighted by Gasteiger charge is -2.15. The van der Waals surface area contributed by atoms with E-state index in [2.05, 4.69) is 15.3 Å². The summed E-state index contributed by atoms with van der Waals surface area (Å²) in [6.07, 6.45) is 6.64. The Bertz CT molecular complexity index is 1470. The van der Waals surface area contributed by atoms with Gasteiger partial charge in [0.1, 0.15) is 11.3 Å². The molecule has 4 aromatic rings. The Hall–Kier alpha value is -3.53. The number of hydrogen-bond acceptors (Lipinski definition) is 6. The van der Waals surface area contributed by atoms with E-state index in [-0.39, 0.29) is 29.1 Å². The van der Waals surface area contributed by atoms with Gasteiger partial charge >= 0.3 is 0 Å². The molecule has 4 heterocycles. The van der Waals surface area contributed by atoms with E-state index in [9.17, 15) is 13.2 Å². The van der Waals surface area contributed by atoms with Gasteiger partial charge in [0.05, 0.1) is 35.1 Å². The summed E-state index contributed by atoms with van der Waals surface area (Å²) >= 11 is 0. The first-order valence-electron chi connectivity index (χ1n) is 11.7. The summed E-state index contributed by atoms with van der Waals surface area (Å²) in [5, 5.41) is 2.97. The largest absolute Gasteiger partial charge is 0.351 e. The topological polar surface area (TPSA) is 112 Å². The number of carbonyl (C=O) groups excluding carboxylic acids is 1. The Balaban J connectivity index is 1.51. The molecule has 1 aliphatic rings. The molecule has 3 aromatic heterocycles. The van der Waals surface area contributed by atoms with E-state index in [0.29, 0.717) is 30.0 Å². The minimum absolute atomic E-state index is 0.0806. The average molecular weight is 493 g/mol. The molecule has 1 amide bonds. The molecular formula is C25H28N6O3S. The van der Waals surface area contributed by atoms with Crippen LogP contribution in [0.3, 0.4) is 0 Å². The van der Waals surface area contributed by atoms with Crippen LogP contribution in [-0.2, 0) is 16.4 Å². The van der Waals surface area contributed by atoms with Crippen molar-refractivity contribution in [2.45, 2.75) is 39.3 Å². The average Bonchev–Trinajstić information content (AvgIpc) is 3.54. The Morgan fingerprint density at radius 3 is 2.66 bits per heavy atom. The van der Waals surface area contributed by atoms with E-state index >= 15 is 0 Å². The summed E-state index contributed by atoms with van der Waals surface area (Å²) in [6, 6.07) is 9.67. The Kier molecular flexibility index (Phi) is 6.14. The number of aryl methyl sites for hydroxylation is 3. The van der Waals surface area contributed by atoms with Crippen LogP contribution in [0.15, 0.2) is 49.1 Å². The van der Waals surface area contributed by atoms with Crippen molar-refractivity contribution in [3.63, 3.8) is 0 Å². The second-order valence-corrected chi connectivity index (χ2v) is 11.3. The lowest BCUT2D eigenvalue weighted by molar-refractivity contribution is 0.0949. The molecule has 0 aliphatic carbocycles. The van der Waals surface area contributed by atoms with Crippen LogP contribution >= 0.6 is 0 Å². The van der Waals surface area contributed by atoms with Crippen molar-refractivity contribution in [3.8, 4) is 11.3 Å². The fraction of sp³-hybridized carbons (Fsp3) is 0.360. The van der Waals surface area contributed by atoms with Gasteiger partial charge in [-0.25, -0.2) is 23.4 Å². The van der Waals surface area contributed by atoms with Gasteiger partial charge in [0.2, 0.25) is 0 Å². The Labute approximate surface area is 204 Å². The van der Waals surface area contributed by atoms with Gasteiger partial charge in [-0.15, -0.1) is 0 Å². The predicted octanol–water partition coefficient (Wildman–Crippen LogP) is 3.09. The molecule has 1 fully saturated rings. The molecule has 0 unspecified atom stereocenters. The molecule has 1 aromatic carbocycles. The van der Waals surface area contributed by atoms with E-state index in [0.717, 1.165) is 29.6 Å². The number of imidazole rings is 2. The molecular weight excluding hydrogens is 464 g/mol. The van der Waals surface area contributed by atoms with Gasteiger partial charge in [-0.2, -0.15) is 0 Å². The number of carbonyl (C=O) groups is 1. The normalized spacial score (nSPS) is 17.1. The quantitative estimate of drug-likeness (QED) is 0.397. The van der Waals surface area contributed by atoms with Crippen LogP contribution in [0.25, 0.3) is 22.3 Å². The summed E-state index contributed by atoms with van der Waals surface area (Å²) in [7, 11) is -3.08. The SMILES string of the molecule is Cc1ccc(-c2cc3c(nc(C)n3[C@H]3CCS(=O)(=O)C3)c(C(=O)NCCCn3ccnc3)n2)cc1. The number of amides is 1. The minimum atomic E-state index is -3.08. The molecule has 182 valence electrons. The third kappa shape index (κ3) is 4.84. The number of sulfone groups is 1. The summed E-state index contributed by atoms with van der Waals surface area (Å²) < 4.78 is 28.3. The smallest absolute Gasteiger partial charge is 0.272 e. The third-order valence-corrected chi connectivity index (χ3v) is 8.18. The number of pyridine rings is 1. The molecule has 0 spiro atoms. The van der Waals surface area contributed by atoms with Crippen LogP contribution in [0.1, 0.15) is 40.8 Å². The number of aromatic nitrogens is 5. The van der Waals surface area contributed by atoms with Gasteiger partial charge in [-0.05, 0) is 32.8 Å². The van der Waals surface area contributed by atoms with Crippen molar-refractivity contribution < 1.29 is 13.2 Å². The van der Waals surface area contributed by atoms with E-state index in [4.69, 9.17) is 4.98 Å². The highest BCUT2D eigenvalue weighted by atomic mass is 32.2. The first kappa shape index (κ1) is 23.2. The highest BCUT2D eigenvalue weighted by Crippen LogP contribution is 2.32. The number of hydrogen-bond donors (Lipinski definition) is 1. The lowest BCUT2D eigenvalue weighted by atomic mass is 10.1. The van der Waals surface area contributed by atoms with Gasteiger partial charge in [0.15, 0.2) is 15.5 Å². The summed E-state index contributed by atoms with van der Waals surface area (Å²) in [6.45, 7) is 5.09. The molecule has 10 heteroatoms. The van der Waals surface area contributed by atoms with E-state index in [1.807, 2.05) is 59.5 Å². The zero-order valence-electron chi connectivity index (χ0n) is 19.8. The summed E-state index contributed by atoms with van der Waals surface area (Å²) in [4.78, 5) is 26.7. The number of nitrogens with one attached hydrogen (secondary N) is 1. The number of benzene rings is 1. The molecule has 0 radical (unpaired) electrons. The molecule has 1 N–H and O–H groups in total. The van der Waals surface area contributed by atoms with E-state index in [1.54, 1.807) is 12.5 Å². The first-order chi connectivity index (χ1) is 16.8. The van der Waals surface area contributed by atoms with Crippen LogP contribution in [0.5, 0.6) is 0 Å². The van der Waals surface area contributed by atoms with Crippen molar-refractivity contribution in [2.24, 2.45) is 0 Å². The van der Waals surface area contributed by atoms with Crippen molar-refractivity contribution in [3.05, 3.63) is 66.1 Å². The number of nitrogens with zero attached hydrogens (tertiary/aromatic N) is 5. The zero-order chi connectivity index (χ0) is 24.6. The van der Waals surface area contributed by atoms with E-state index < -0.39 is 9.84 Å². The van der Waals surface area contributed by atoms with Crippen LogP contribution < -0.4 is 5.32 Å². The van der Waals surface area contributed by atoms with Gasteiger partial charge < -0.3 is 14.5 Å². The maximum Gasteiger partial charge on any atom is 0.272 e. The molecule has 0 bridgehead atoms.